The first-order valence-electron chi connectivity index (χ1n) is 11.9. The Kier molecular flexibility index (Phi) is 9.09. The van der Waals surface area contributed by atoms with Crippen molar-refractivity contribution in [1.29, 1.82) is 0 Å². The molecule has 0 fully saturated rings. The third kappa shape index (κ3) is 7.27. The summed E-state index contributed by atoms with van der Waals surface area (Å²) in [5.74, 6) is -0.0181. The van der Waals surface area contributed by atoms with Gasteiger partial charge in [0.05, 0.1) is 12.6 Å². The minimum absolute atomic E-state index is 0.107. The van der Waals surface area contributed by atoms with Gasteiger partial charge in [-0.2, -0.15) is 5.10 Å². The summed E-state index contributed by atoms with van der Waals surface area (Å²) in [5.41, 5.74) is 4.40. The Labute approximate surface area is 228 Å². The summed E-state index contributed by atoms with van der Waals surface area (Å²) in [6.45, 7) is 4.17. The van der Waals surface area contributed by atoms with Gasteiger partial charge in [0.1, 0.15) is 18.4 Å². The molecule has 0 unspecified atom stereocenters. The van der Waals surface area contributed by atoms with E-state index in [1.54, 1.807) is 6.21 Å². The average molecular weight is 579 g/mol. The maximum absolute atomic E-state index is 12.9. The van der Waals surface area contributed by atoms with E-state index < -0.39 is 6.04 Å². The first kappa shape index (κ1) is 26.6. The molecule has 1 heterocycles. The lowest BCUT2D eigenvalue weighted by Gasteiger charge is -2.20. The van der Waals surface area contributed by atoms with E-state index in [2.05, 4.69) is 31.8 Å². The van der Waals surface area contributed by atoms with E-state index in [9.17, 15) is 9.59 Å². The van der Waals surface area contributed by atoms with Gasteiger partial charge in [-0.3, -0.25) is 9.59 Å². The highest BCUT2D eigenvalue weighted by Crippen LogP contribution is 2.27. The minimum Gasteiger partial charge on any atom is -0.488 e. The van der Waals surface area contributed by atoms with Gasteiger partial charge >= 0.3 is 0 Å². The number of fused-ring (bicyclic) bond motifs is 1. The van der Waals surface area contributed by atoms with Crippen LogP contribution < -0.4 is 15.5 Å². The number of ether oxygens (including phenoxy) is 1. The fourth-order valence-electron chi connectivity index (χ4n) is 3.84. The lowest BCUT2D eigenvalue weighted by Crippen LogP contribution is -2.49. The lowest BCUT2D eigenvalue weighted by atomic mass is 10.0. The molecule has 0 bridgehead atoms. The Balaban J connectivity index is 1.48. The number of carbonyl (C=O) groups is 2. The lowest BCUT2D eigenvalue weighted by molar-refractivity contribution is -0.129. The van der Waals surface area contributed by atoms with Crippen LogP contribution in [0.25, 0.3) is 10.8 Å². The number of thiophene rings is 1. The van der Waals surface area contributed by atoms with Crippen LogP contribution in [0.15, 0.2) is 87.8 Å². The number of amides is 2. The van der Waals surface area contributed by atoms with Crippen LogP contribution in [0, 0.1) is 5.92 Å². The van der Waals surface area contributed by atoms with E-state index in [1.165, 1.54) is 11.3 Å². The van der Waals surface area contributed by atoms with E-state index in [0.29, 0.717) is 12.4 Å². The second-order valence-corrected chi connectivity index (χ2v) is 10.8. The number of halogens is 1. The van der Waals surface area contributed by atoms with Crippen LogP contribution >= 0.6 is 27.3 Å². The zero-order chi connectivity index (χ0) is 26.2. The Bertz CT molecular complexity index is 1390. The molecule has 3 aromatic carbocycles. The Morgan fingerprint density at radius 3 is 2.54 bits per heavy atom. The Morgan fingerprint density at radius 2 is 1.81 bits per heavy atom. The van der Waals surface area contributed by atoms with Crippen LogP contribution in [0.1, 0.15) is 29.9 Å². The molecule has 2 N–H and O–H groups in total. The smallest absolute Gasteiger partial charge is 0.262 e. The molecule has 8 heteroatoms. The minimum atomic E-state index is -0.703. The SMILES string of the molecule is CC(C)[C@H](NC(=O)Cc1cccs1)C(=O)N/N=C\c1c(OCc2ccc(Br)cc2)ccc2ccccc12. The van der Waals surface area contributed by atoms with Crippen LogP contribution in [-0.2, 0) is 22.6 Å². The monoisotopic (exact) mass is 577 g/mol. The largest absolute Gasteiger partial charge is 0.488 e. The van der Waals surface area contributed by atoms with Crippen LogP contribution in [0.5, 0.6) is 5.75 Å². The second-order valence-electron chi connectivity index (χ2n) is 8.89. The molecule has 6 nitrogen and oxygen atoms in total. The van der Waals surface area contributed by atoms with Gasteiger partial charge in [-0.05, 0) is 51.9 Å². The van der Waals surface area contributed by atoms with Gasteiger partial charge in [0.2, 0.25) is 5.91 Å². The highest BCUT2D eigenvalue weighted by Gasteiger charge is 2.24. The summed E-state index contributed by atoms with van der Waals surface area (Å²) >= 11 is 4.96. The molecule has 0 aliphatic heterocycles. The molecule has 4 aromatic rings. The van der Waals surface area contributed by atoms with Gasteiger partial charge in [0, 0.05) is 14.9 Å². The first-order chi connectivity index (χ1) is 17.9. The van der Waals surface area contributed by atoms with E-state index in [1.807, 2.05) is 92.0 Å². The number of hydrogen-bond acceptors (Lipinski definition) is 5. The summed E-state index contributed by atoms with van der Waals surface area (Å²) in [6, 6.07) is 22.9. The molecule has 0 saturated carbocycles. The summed E-state index contributed by atoms with van der Waals surface area (Å²) in [7, 11) is 0. The normalized spacial score (nSPS) is 12.1. The molecule has 190 valence electrons. The van der Waals surface area contributed by atoms with Crippen molar-refractivity contribution >= 4 is 56.1 Å². The van der Waals surface area contributed by atoms with Crippen LogP contribution in [-0.4, -0.2) is 24.1 Å². The molecule has 0 aliphatic rings. The number of nitrogens with one attached hydrogen (secondary N) is 2. The van der Waals surface area contributed by atoms with E-state index in [4.69, 9.17) is 4.74 Å². The quantitative estimate of drug-likeness (QED) is 0.177. The molecule has 0 aliphatic carbocycles. The zero-order valence-electron chi connectivity index (χ0n) is 20.6. The maximum atomic E-state index is 12.9. The van der Waals surface area contributed by atoms with E-state index in [0.717, 1.165) is 31.2 Å². The van der Waals surface area contributed by atoms with E-state index >= 15 is 0 Å². The standard InChI is InChI=1S/C29H28BrN3O3S/c1-19(2)28(32-27(34)16-23-7-5-15-37-23)29(35)33-31-17-25-24-8-4-3-6-21(24)11-14-26(25)36-18-20-9-12-22(30)13-10-20/h3-15,17,19,28H,16,18H2,1-2H3,(H,32,34)(H,33,35)/b31-17-/t28-/m0/s1. The van der Waals surface area contributed by atoms with Crippen molar-refractivity contribution in [3.8, 4) is 5.75 Å². The molecule has 37 heavy (non-hydrogen) atoms. The summed E-state index contributed by atoms with van der Waals surface area (Å²) in [6.07, 6.45) is 1.84. The zero-order valence-corrected chi connectivity index (χ0v) is 23.0. The van der Waals surface area contributed by atoms with Gasteiger partial charge in [0.25, 0.3) is 5.91 Å². The summed E-state index contributed by atoms with van der Waals surface area (Å²) in [5, 5.41) is 11.0. The number of nitrogens with zero attached hydrogens (tertiary/aromatic N) is 1. The van der Waals surface area contributed by atoms with Crippen LogP contribution in [0.2, 0.25) is 0 Å². The molecule has 0 spiro atoms. The van der Waals surface area contributed by atoms with Gasteiger partial charge in [0.15, 0.2) is 0 Å². The Morgan fingerprint density at radius 1 is 1.03 bits per heavy atom. The van der Waals surface area contributed by atoms with Crippen LogP contribution in [0.3, 0.4) is 0 Å². The molecule has 0 radical (unpaired) electrons. The fraction of sp³-hybridized carbons (Fsp3) is 0.207. The van der Waals surface area contributed by atoms with Crippen molar-refractivity contribution in [3.05, 3.63) is 98.7 Å². The predicted octanol–water partition coefficient (Wildman–Crippen LogP) is 6.08. The third-order valence-corrected chi connectivity index (χ3v) is 7.19. The Hall–Kier alpha value is -3.49. The molecule has 2 amide bonds. The first-order valence-corrected chi connectivity index (χ1v) is 13.6. The van der Waals surface area contributed by atoms with Crippen molar-refractivity contribution in [2.45, 2.75) is 32.9 Å². The third-order valence-electron chi connectivity index (χ3n) is 5.79. The second kappa shape index (κ2) is 12.7. The van der Waals surface area contributed by atoms with Crippen LogP contribution in [0.4, 0.5) is 0 Å². The number of benzene rings is 3. The van der Waals surface area contributed by atoms with Gasteiger partial charge in [-0.25, -0.2) is 5.43 Å². The summed E-state index contributed by atoms with van der Waals surface area (Å²) in [4.78, 5) is 26.4. The number of carbonyl (C=O) groups excluding carboxylic acids is 2. The number of hydrogen-bond donors (Lipinski definition) is 2. The predicted molar refractivity (Wildman–Crippen MR) is 153 cm³/mol. The molecular formula is C29H28BrN3O3S. The number of rotatable bonds is 10. The average Bonchev–Trinajstić information content (AvgIpc) is 3.40. The van der Waals surface area contributed by atoms with Gasteiger partial charge in [-0.1, -0.05) is 78.3 Å². The topological polar surface area (TPSA) is 79.8 Å². The maximum Gasteiger partial charge on any atom is 0.262 e. The highest BCUT2D eigenvalue weighted by atomic mass is 79.9. The van der Waals surface area contributed by atoms with Crippen molar-refractivity contribution < 1.29 is 14.3 Å². The molecular weight excluding hydrogens is 550 g/mol. The van der Waals surface area contributed by atoms with Crippen molar-refractivity contribution in [2.75, 3.05) is 0 Å². The van der Waals surface area contributed by atoms with E-state index in [-0.39, 0.29) is 24.2 Å². The summed E-state index contributed by atoms with van der Waals surface area (Å²) < 4.78 is 7.15. The van der Waals surface area contributed by atoms with Crippen molar-refractivity contribution in [3.63, 3.8) is 0 Å². The highest BCUT2D eigenvalue weighted by molar-refractivity contribution is 9.10. The molecule has 0 saturated heterocycles. The number of hydrazone groups is 1. The van der Waals surface area contributed by atoms with Crippen molar-refractivity contribution in [2.24, 2.45) is 11.0 Å². The molecule has 4 rings (SSSR count). The molecule has 1 atom stereocenters. The van der Waals surface area contributed by atoms with Gasteiger partial charge in [-0.15, -0.1) is 11.3 Å². The van der Waals surface area contributed by atoms with Crippen molar-refractivity contribution in [1.82, 2.24) is 10.7 Å². The fourth-order valence-corrected chi connectivity index (χ4v) is 4.80. The van der Waals surface area contributed by atoms with Gasteiger partial charge < -0.3 is 10.1 Å². The molecule has 1 aromatic heterocycles.